The monoisotopic (exact) mass is 411 g/mol. The molecule has 2 heterocycles. The summed E-state index contributed by atoms with van der Waals surface area (Å²) in [5.74, 6) is 0.137. The molecule has 0 aliphatic carbocycles. The lowest BCUT2D eigenvalue weighted by molar-refractivity contribution is 0.0993. The van der Waals surface area contributed by atoms with Crippen molar-refractivity contribution in [3.8, 4) is 11.3 Å². The van der Waals surface area contributed by atoms with Gasteiger partial charge in [-0.1, -0.05) is 30.3 Å². The molecule has 0 N–H and O–H groups in total. The van der Waals surface area contributed by atoms with Crippen LogP contribution in [0.1, 0.15) is 15.4 Å². The predicted octanol–water partition coefficient (Wildman–Crippen LogP) is 4.90. The smallest absolute Gasteiger partial charge is 0.170 e. The number of thiazole rings is 1. The molecule has 0 saturated heterocycles. The van der Waals surface area contributed by atoms with Crippen LogP contribution in [0, 0.1) is 2.88 Å². The second kappa shape index (κ2) is 6.15. The highest BCUT2D eigenvalue weighted by Gasteiger charge is 2.12. The van der Waals surface area contributed by atoms with Crippen molar-refractivity contribution < 1.29 is 4.79 Å². The van der Waals surface area contributed by atoms with Gasteiger partial charge in [0.2, 0.25) is 0 Å². The Morgan fingerprint density at radius 3 is 2.65 bits per heavy atom. The Balaban J connectivity index is 1.76. The Hall–Kier alpha value is -1.05. The van der Waals surface area contributed by atoms with E-state index >= 15 is 0 Å². The molecule has 0 aliphatic rings. The van der Waals surface area contributed by atoms with Gasteiger partial charge in [-0.15, -0.1) is 22.7 Å². The molecule has 2 aromatic heterocycles. The minimum atomic E-state index is 0.137. The summed E-state index contributed by atoms with van der Waals surface area (Å²) in [6.07, 6.45) is 0.379. The van der Waals surface area contributed by atoms with Crippen LogP contribution < -0.4 is 0 Å². The lowest BCUT2D eigenvalue weighted by Crippen LogP contribution is -2.01. The molecule has 3 aromatic rings. The third-order valence-electron chi connectivity index (χ3n) is 2.82. The first-order chi connectivity index (χ1) is 9.72. The number of Topliss-reactive ketones (excluding diaryl/α,β-unsaturated/α-hetero) is 1. The number of carbonyl (C=O) groups is 1. The molecule has 0 fully saturated rings. The van der Waals surface area contributed by atoms with Gasteiger partial charge in [0.15, 0.2) is 5.78 Å². The molecular formula is C15H10INOS2. The normalized spacial score (nSPS) is 10.7. The molecule has 0 radical (unpaired) electrons. The molecule has 5 heteroatoms. The molecule has 0 amide bonds. The fourth-order valence-corrected chi connectivity index (χ4v) is 3.98. The van der Waals surface area contributed by atoms with E-state index in [2.05, 4.69) is 27.6 Å². The number of halogens is 1. The molecule has 1 aromatic carbocycles. The van der Waals surface area contributed by atoms with Gasteiger partial charge in [-0.3, -0.25) is 4.79 Å². The summed E-state index contributed by atoms with van der Waals surface area (Å²) in [5.41, 5.74) is 2.82. The van der Waals surface area contributed by atoms with Crippen LogP contribution >= 0.6 is 45.3 Å². The molecule has 0 unspecified atom stereocenters. The summed E-state index contributed by atoms with van der Waals surface area (Å²) in [4.78, 5) is 16.7. The first-order valence-electron chi connectivity index (χ1n) is 5.99. The number of thiophene rings is 1. The molecule has 3 rings (SSSR count). The van der Waals surface area contributed by atoms with Crippen LogP contribution in [0.5, 0.6) is 0 Å². The van der Waals surface area contributed by atoms with E-state index in [1.54, 1.807) is 22.7 Å². The van der Waals surface area contributed by atoms with Crippen molar-refractivity contribution in [2.75, 3.05) is 0 Å². The molecule has 0 atom stereocenters. The van der Waals surface area contributed by atoms with Gasteiger partial charge in [0.25, 0.3) is 0 Å². The SMILES string of the molecule is O=C(Cc1nc(-c2ccccc2)cs1)c1csc(I)c1. The molecule has 0 saturated carbocycles. The summed E-state index contributed by atoms with van der Waals surface area (Å²) in [5, 5.41) is 4.79. The van der Waals surface area contributed by atoms with Crippen LogP contribution in [0.2, 0.25) is 0 Å². The van der Waals surface area contributed by atoms with Crippen LogP contribution in [-0.4, -0.2) is 10.8 Å². The van der Waals surface area contributed by atoms with Crippen LogP contribution in [0.25, 0.3) is 11.3 Å². The number of benzene rings is 1. The molecule has 100 valence electrons. The third-order valence-corrected chi connectivity index (χ3v) is 5.46. The van der Waals surface area contributed by atoms with E-state index in [0.29, 0.717) is 6.42 Å². The summed E-state index contributed by atoms with van der Waals surface area (Å²) in [7, 11) is 0. The van der Waals surface area contributed by atoms with E-state index in [1.165, 1.54) is 0 Å². The average Bonchev–Trinajstić information content (AvgIpc) is 3.09. The number of rotatable bonds is 4. The van der Waals surface area contributed by atoms with Gasteiger partial charge in [-0.05, 0) is 28.7 Å². The van der Waals surface area contributed by atoms with E-state index in [9.17, 15) is 4.79 Å². The van der Waals surface area contributed by atoms with Crippen LogP contribution in [-0.2, 0) is 6.42 Å². The largest absolute Gasteiger partial charge is 0.294 e. The third kappa shape index (κ3) is 3.16. The van der Waals surface area contributed by atoms with E-state index in [1.807, 2.05) is 47.2 Å². The first-order valence-corrected chi connectivity index (χ1v) is 8.83. The predicted molar refractivity (Wildman–Crippen MR) is 92.6 cm³/mol. The Morgan fingerprint density at radius 2 is 1.95 bits per heavy atom. The number of hydrogen-bond donors (Lipinski definition) is 0. The highest BCUT2D eigenvalue weighted by molar-refractivity contribution is 14.1. The zero-order valence-corrected chi connectivity index (χ0v) is 14.2. The fourth-order valence-electron chi connectivity index (χ4n) is 1.83. The Morgan fingerprint density at radius 1 is 1.15 bits per heavy atom. The number of carbonyl (C=O) groups excluding carboxylic acids is 1. The van der Waals surface area contributed by atoms with Gasteiger partial charge in [0.1, 0.15) is 5.01 Å². The number of hydrogen-bond acceptors (Lipinski definition) is 4. The maximum Gasteiger partial charge on any atom is 0.170 e. The number of aromatic nitrogens is 1. The summed E-state index contributed by atoms with van der Waals surface area (Å²) >= 11 is 5.37. The van der Waals surface area contributed by atoms with Crippen LogP contribution in [0.4, 0.5) is 0 Å². The van der Waals surface area contributed by atoms with Crippen molar-refractivity contribution in [3.63, 3.8) is 0 Å². The first kappa shape index (κ1) is 13.9. The van der Waals surface area contributed by atoms with E-state index in [4.69, 9.17) is 0 Å². The molecule has 2 nitrogen and oxygen atoms in total. The van der Waals surface area contributed by atoms with Gasteiger partial charge in [0, 0.05) is 21.9 Å². The van der Waals surface area contributed by atoms with Gasteiger partial charge in [-0.25, -0.2) is 4.98 Å². The Bertz CT molecular complexity index is 733. The lowest BCUT2D eigenvalue weighted by atomic mass is 10.1. The highest BCUT2D eigenvalue weighted by Crippen LogP contribution is 2.23. The lowest BCUT2D eigenvalue weighted by Gasteiger charge is -1.95. The van der Waals surface area contributed by atoms with Gasteiger partial charge >= 0.3 is 0 Å². The highest BCUT2D eigenvalue weighted by atomic mass is 127. The topological polar surface area (TPSA) is 30.0 Å². The molecule has 20 heavy (non-hydrogen) atoms. The number of ketones is 1. The second-order valence-corrected chi connectivity index (χ2v) is 7.98. The fraction of sp³-hybridized carbons (Fsp3) is 0.0667. The van der Waals surface area contributed by atoms with Gasteiger partial charge in [0.05, 0.1) is 15.0 Å². The van der Waals surface area contributed by atoms with Crippen molar-refractivity contribution in [2.45, 2.75) is 6.42 Å². The Kier molecular flexibility index (Phi) is 4.28. The van der Waals surface area contributed by atoms with Crippen molar-refractivity contribution in [3.05, 3.63) is 60.6 Å². The van der Waals surface area contributed by atoms with Crippen molar-refractivity contribution >= 4 is 51.0 Å². The molecule has 0 spiro atoms. The molecular weight excluding hydrogens is 401 g/mol. The quantitative estimate of drug-likeness (QED) is 0.452. The van der Waals surface area contributed by atoms with E-state index < -0.39 is 0 Å². The summed E-state index contributed by atoms with van der Waals surface area (Å²) < 4.78 is 1.13. The number of nitrogens with zero attached hydrogens (tertiary/aromatic N) is 1. The van der Waals surface area contributed by atoms with Gasteiger partial charge in [-0.2, -0.15) is 0 Å². The standard InChI is InChI=1S/C15H10INOS2/c16-14-6-11(8-19-14)13(18)7-15-17-12(9-20-15)10-4-2-1-3-5-10/h1-6,8-9H,7H2. The van der Waals surface area contributed by atoms with Crippen molar-refractivity contribution in [1.82, 2.24) is 4.98 Å². The molecule has 0 bridgehead atoms. The van der Waals surface area contributed by atoms with Crippen molar-refractivity contribution in [2.24, 2.45) is 0 Å². The van der Waals surface area contributed by atoms with E-state index in [-0.39, 0.29) is 5.78 Å². The van der Waals surface area contributed by atoms with Crippen LogP contribution in [0.3, 0.4) is 0 Å². The van der Waals surface area contributed by atoms with E-state index in [0.717, 1.165) is 24.7 Å². The van der Waals surface area contributed by atoms with Gasteiger partial charge < -0.3 is 0 Å². The summed E-state index contributed by atoms with van der Waals surface area (Å²) in [6, 6.07) is 12.0. The maximum absolute atomic E-state index is 12.1. The second-order valence-electron chi connectivity index (χ2n) is 4.23. The maximum atomic E-state index is 12.1. The molecule has 0 aliphatic heterocycles. The minimum Gasteiger partial charge on any atom is -0.294 e. The minimum absolute atomic E-state index is 0.137. The zero-order chi connectivity index (χ0) is 13.9. The van der Waals surface area contributed by atoms with Crippen LogP contribution in [0.15, 0.2) is 47.2 Å². The average molecular weight is 411 g/mol. The zero-order valence-electron chi connectivity index (χ0n) is 10.4. The Labute approximate surface area is 138 Å². The van der Waals surface area contributed by atoms with Crippen molar-refractivity contribution in [1.29, 1.82) is 0 Å². The summed E-state index contributed by atoms with van der Waals surface area (Å²) in [6.45, 7) is 0.